The highest BCUT2D eigenvalue weighted by atomic mass is 16.5. The molecule has 6 nitrogen and oxygen atoms in total. The van der Waals surface area contributed by atoms with Crippen molar-refractivity contribution in [3.63, 3.8) is 0 Å². The molecule has 0 unspecified atom stereocenters. The Morgan fingerprint density at radius 1 is 1.29 bits per heavy atom. The van der Waals surface area contributed by atoms with Gasteiger partial charge in [0.25, 0.3) is 0 Å². The van der Waals surface area contributed by atoms with Gasteiger partial charge in [0.05, 0.1) is 13.0 Å². The van der Waals surface area contributed by atoms with Gasteiger partial charge in [0.1, 0.15) is 0 Å². The van der Waals surface area contributed by atoms with Crippen molar-refractivity contribution >= 4 is 12.0 Å². The van der Waals surface area contributed by atoms with Gasteiger partial charge in [-0.2, -0.15) is 0 Å². The van der Waals surface area contributed by atoms with Crippen LogP contribution >= 0.6 is 0 Å². The summed E-state index contributed by atoms with van der Waals surface area (Å²) in [4.78, 5) is 23.3. The third kappa shape index (κ3) is 2.86. The van der Waals surface area contributed by atoms with Crippen molar-refractivity contribution in [3.8, 4) is 0 Å². The largest absolute Gasteiger partial charge is 0.469 e. The van der Waals surface area contributed by atoms with Crippen LogP contribution in [0.1, 0.15) is 38.5 Å². The molecule has 0 aliphatic heterocycles. The highest BCUT2D eigenvalue weighted by molar-refractivity contribution is 5.78. The first-order valence-corrected chi connectivity index (χ1v) is 7.76. The minimum Gasteiger partial charge on any atom is -0.469 e. The summed E-state index contributed by atoms with van der Waals surface area (Å²) in [7, 11) is 1.43. The zero-order chi connectivity index (χ0) is 15.1. The molecule has 0 heterocycles. The second kappa shape index (κ2) is 5.16. The number of nitrogens with one attached hydrogen (secondary N) is 2. The van der Waals surface area contributed by atoms with Gasteiger partial charge in [0, 0.05) is 19.2 Å². The number of carbonyl (C=O) groups excluding carboxylic acids is 2. The van der Waals surface area contributed by atoms with E-state index in [0.29, 0.717) is 6.54 Å². The fourth-order valence-corrected chi connectivity index (χ4v) is 3.73. The van der Waals surface area contributed by atoms with E-state index in [4.69, 9.17) is 9.84 Å². The van der Waals surface area contributed by atoms with Crippen LogP contribution in [-0.2, 0) is 9.53 Å². The zero-order valence-corrected chi connectivity index (χ0v) is 12.5. The number of aliphatic hydroxyl groups excluding tert-OH is 1. The van der Waals surface area contributed by atoms with Crippen LogP contribution in [0.5, 0.6) is 0 Å². The van der Waals surface area contributed by atoms with E-state index in [0.717, 1.165) is 38.5 Å². The molecule has 0 bridgehead atoms. The third-order valence-corrected chi connectivity index (χ3v) is 5.54. The quantitative estimate of drug-likeness (QED) is 0.632. The van der Waals surface area contributed by atoms with Crippen molar-refractivity contribution < 1.29 is 19.4 Å². The molecule has 1 spiro atoms. The molecule has 3 saturated carbocycles. The maximum absolute atomic E-state index is 11.9. The van der Waals surface area contributed by atoms with E-state index in [1.54, 1.807) is 0 Å². The first-order valence-electron chi connectivity index (χ1n) is 7.76. The van der Waals surface area contributed by atoms with Gasteiger partial charge in [-0.3, -0.25) is 4.79 Å². The molecule has 1 atom stereocenters. The van der Waals surface area contributed by atoms with Gasteiger partial charge in [0.15, 0.2) is 0 Å². The molecule has 0 aromatic rings. The molecule has 0 saturated heterocycles. The number of methoxy groups -OCH3 is 1. The van der Waals surface area contributed by atoms with Crippen LogP contribution in [0.15, 0.2) is 0 Å². The highest BCUT2D eigenvalue weighted by Gasteiger charge is 2.65. The van der Waals surface area contributed by atoms with Crippen molar-refractivity contribution in [1.29, 1.82) is 0 Å². The van der Waals surface area contributed by atoms with Gasteiger partial charge in [-0.05, 0) is 49.4 Å². The molecule has 0 radical (unpaired) electrons. The van der Waals surface area contributed by atoms with Crippen molar-refractivity contribution in [2.24, 2.45) is 16.7 Å². The Balaban J connectivity index is 1.34. The second-order valence-corrected chi connectivity index (χ2v) is 7.05. The number of carbonyl (C=O) groups is 2. The van der Waals surface area contributed by atoms with Crippen LogP contribution < -0.4 is 10.6 Å². The average molecular weight is 296 g/mol. The average Bonchev–Trinajstić information content (AvgIpc) is 3.31. The summed E-state index contributed by atoms with van der Waals surface area (Å²) in [6.07, 6.45) is 5.59. The molecule has 118 valence electrons. The van der Waals surface area contributed by atoms with Crippen LogP contribution in [0, 0.1) is 16.7 Å². The summed E-state index contributed by atoms with van der Waals surface area (Å²) in [6.45, 7) is 0.825. The number of aliphatic hydroxyl groups is 1. The third-order valence-electron chi connectivity index (χ3n) is 5.54. The number of amides is 2. The smallest absolute Gasteiger partial charge is 0.315 e. The number of hydrogen-bond donors (Lipinski definition) is 3. The lowest BCUT2D eigenvalue weighted by Crippen LogP contribution is -2.50. The van der Waals surface area contributed by atoms with E-state index in [1.165, 1.54) is 7.11 Å². The van der Waals surface area contributed by atoms with Crippen LogP contribution in [0.3, 0.4) is 0 Å². The first kappa shape index (κ1) is 14.6. The predicted molar refractivity (Wildman–Crippen MR) is 75.5 cm³/mol. The van der Waals surface area contributed by atoms with E-state index in [1.807, 2.05) is 0 Å². The van der Waals surface area contributed by atoms with Crippen LogP contribution in [0.2, 0.25) is 0 Å². The Morgan fingerprint density at radius 2 is 2.00 bits per heavy atom. The molecular formula is C15H24N2O4. The maximum atomic E-state index is 11.9. The van der Waals surface area contributed by atoms with E-state index in [9.17, 15) is 9.59 Å². The standard InChI is InChI=1S/C15H24N2O4/c1-21-12(19)11-8-15(11)6-10(7-15)17-13(20)16-9-14(2-3-14)4-5-18/h10-11,18H,2-9H2,1H3,(H2,16,17,20)/t10?,11-,15?/m0/s1. The minimum atomic E-state index is -0.130. The summed E-state index contributed by atoms with van der Waals surface area (Å²) >= 11 is 0. The van der Waals surface area contributed by atoms with Gasteiger partial charge in [-0.15, -0.1) is 0 Å². The molecule has 3 aliphatic carbocycles. The van der Waals surface area contributed by atoms with Crippen LogP contribution in [-0.4, -0.2) is 43.4 Å². The Hall–Kier alpha value is -1.30. The van der Waals surface area contributed by atoms with Gasteiger partial charge in [-0.1, -0.05) is 0 Å². The summed E-state index contributed by atoms with van der Waals surface area (Å²) < 4.78 is 4.77. The second-order valence-electron chi connectivity index (χ2n) is 7.05. The summed E-state index contributed by atoms with van der Waals surface area (Å²) in [5.74, 6) is -0.0690. The lowest BCUT2D eigenvalue weighted by molar-refractivity contribution is -0.143. The number of urea groups is 1. The number of ether oxygens (including phenoxy) is 1. The monoisotopic (exact) mass is 296 g/mol. The molecule has 3 fully saturated rings. The lowest BCUT2D eigenvalue weighted by Gasteiger charge is -2.37. The predicted octanol–water partition coefficient (Wildman–Crippen LogP) is 0.790. The van der Waals surface area contributed by atoms with Crippen molar-refractivity contribution in [2.45, 2.75) is 44.6 Å². The summed E-state index contributed by atoms with van der Waals surface area (Å²) in [5, 5.41) is 14.9. The van der Waals surface area contributed by atoms with Crippen LogP contribution in [0.4, 0.5) is 4.79 Å². The number of esters is 1. The molecule has 6 heteroatoms. The zero-order valence-electron chi connectivity index (χ0n) is 12.5. The Labute approximate surface area is 124 Å². The molecule has 2 amide bonds. The summed E-state index contributed by atoms with van der Waals surface area (Å²) in [5.41, 5.74) is 0.249. The van der Waals surface area contributed by atoms with Gasteiger partial charge in [-0.25, -0.2) is 4.79 Å². The van der Waals surface area contributed by atoms with Gasteiger partial charge >= 0.3 is 12.0 Å². The van der Waals surface area contributed by atoms with Crippen LogP contribution in [0.25, 0.3) is 0 Å². The Bertz CT molecular complexity index is 441. The molecular weight excluding hydrogens is 272 g/mol. The molecule has 0 aromatic heterocycles. The summed E-state index contributed by atoms with van der Waals surface area (Å²) in [6, 6.07) is 0.0435. The van der Waals surface area contributed by atoms with Gasteiger partial charge in [0.2, 0.25) is 0 Å². The van der Waals surface area contributed by atoms with E-state index in [2.05, 4.69) is 10.6 Å². The van der Waals surface area contributed by atoms with E-state index >= 15 is 0 Å². The molecule has 21 heavy (non-hydrogen) atoms. The highest BCUT2D eigenvalue weighted by Crippen LogP contribution is 2.65. The number of rotatable bonds is 6. The topological polar surface area (TPSA) is 87.7 Å². The normalized spacial score (nSPS) is 34.8. The minimum absolute atomic E-state index is 0.0444. The Kier molecular flexibility index (Phi) is 3.59. The Morgan fingerprint density at radius 3 is 2.57 bits per heavy atom. The van der Waals surface area contributed by atoms with Crippen molar-refractivity contribution in [2.75, 3.05) is 20.3 Å². The maximum Gasteiger partial charge on any atom is 0.315 e. The fraction of sp³-hybridized carbons (Fsp3) is 0.867. The van der Waals surface area contributed by atoms with E-state index < -0.39 is 0 Å². The van der Waals surface area contributed by atoms with Gasteiger partial charge < -0.3 is 20.5 Å². The molecule has 0 aromatic carbocycles. The first-order chi connectivity index (χ1) is 10.0. The molecule has 3 rings (SSSR count). The van der Waals surface area contributed by atoms with Crippen molar-refractivity contribution in [1.82, 2.24) is 10.6 Å². The number of hydrogen-bond acceptors (Lipinski definition) is 4. The van der Waals surface area contributed by atoms with Crippen molar-refractivity contribution in [3.05, 3.63) is 0 Å². The molecule has 3 aliphatic rings. The van der Waals surface area contributed by atoms with E-state index in [-0.39, 0.29) is 41.4 Å². The fourth-order valence-electron chi connectivity index (χ4n) is 3.73. The molecule has 3 N–H and O–H groups in total. The lowest BCUT2D eigenvalue weighted by atomic mass is 9.75. The SMILES string of the molecule is COC(=O)[C@@H]1CC12CC(NC(=O)NCC1(CCO)CC1)C2.